The Labute approximate surface area is 206 Å². The van der Waals surface area contributed by atoms with Crippen LogP contribution in [-0.2, 0) is 19.2 Å². The summed E-state index contributed by atoms with van der Waals surface area (Å²) < 4.78 is 0. The van der Waals surface area contributed by atoms with E-state index in [1.807, 2.05) is 12.1 Å². The van der Waals surface area contributed by atoms with Crippen molar-refractivity contribution in [2.75, 3.05) is 4.90 Å². The minimum atomic E-state index is -1.15. The minimum absolute atomic E-state index is 0.00833. The predicted octanol–water partition coefficient (Wildman–Crippen LogP) is 3.56. The molecule has 4 aliphatic rings. The number of amides is 4. The second kappa shape index (κ2) is 7.52. The molecule has 2 aromatic carbocycles. The second-order valence-corrected chi connectivity index (χ2v) is 10.5. The summed E-state index contributed by atoms with van der Waals surface area (Å²) in [6.45, 7) is 1.80. The van der Waals surface area contributed by atoms with Crippen molar-refractivity contribution in [2.45, 2.75) is 25.7 Å². The lowest BCUT2D eigenvalue weighted by atomic mass is 9.51. The standard InChI is InChI=1S/C27H23ClN2O5/c1-27-19(25(34)30(26(27)35)13-5-3-2-4-6-13)12-18-15(9-10-17-21(18)24(33)29-23(17)32)22(27)16-8-7-14(31)11-20(16)28/h2-9,11,17-19,21-22,31H,10,12H2,1H3,(H,29,32,33)/t17-,18+,19-,21-,22+,27+/m0/s1. The zero-order valence-electron chi connectivity index (χ0n) is 18.9. The lowest BCUT2D eigenvalue weighted by Crippen LogP contribution is -2.48. The first-order valence-electron chi connectivity index (χ1n) is 11.7. The van der Waals surface area contributed by atoms with Gasteiger partial charge in [-0.3, -0.25) is 24.5 Å². The number of aromatic hydroxyl groups is 1. The summed E-state index contributed by atoms with van der Waals surface area (Å²) in [5, 5.41) is 12.7. The van der Waals surface area contributed by atoms with E-state index in [9.17, 15) is 24.3 Å². The number of hydrogen-bond acceptors (Lipinski definition) is 5. The van der Waals surface area contributed by atoms with E-state index in [0.29, 0.717) is 24.1 Å². The van der Waals surface area contributed by atoms with E-state index in [2.05, 4.69) is 5.32 Å². The number of carbonyl (C=O) groups excluding carboxylic acids is 4. The molecule has 0 spiro atoms. The highest BCUT2D eigenvalue weighted by atomic mass is 35.5. The molecule has 0 unspecified atom stereocenters. The number of nitrogens with one attached hydrogen (secondary N) is 1. The largest absolute Gasteiger partial charge is 0.508 e. The predicted molar refractivity (Wildman–Crippen MR) is 127 cm³/mol. The number of imide groups is 2. The van der Waals surface area contributed by atoms with Gasteiger partial charge in [0.05, 0.1) is 28.9 Å². The number of fused-ring (bicyclic) bond motifs is 4. The smallest absolute Gasteiger partial charge is 0.241 e. The molecule has 2 N–H and O–H groups in total. The van der Waals surface area contributed by atoms with Gasteiger partial charge < -0.3 is 5.11 Å². The number of allylic oxidation sites excluding steroid dienone is 2. The second-order valence-electron chi connectivity index (χ2n) is 10.1. The summed E-state index contributed by atoms with van der Waals surface area (Å²) in [5.41, 5.74) is 0.824. The topological polar surface area (TPSA) is 104 Å². The zero-order valence-corrected chi connectivity index (χ0v) is 19.7. The number of hydrogen-bond donors (Lipinski definition) is 2. The van der Waals surface area contributed by atoms with Crippen LogP contribution in [0.5, 0.6) is 5.75 Å². The number of halogens is 1. The number of nitrogens with zero attached hydrogens (tertiary/aromatic N) is 1. The van der Waals surface area contributed by atoms with Gasteiger partial charge in [-0.05, 0) is 55.5 Å². The fourth-order valence-electron chi connectivity index (χ4n) is 6.84. The summed E-state index contributed by atoms with van der Waals surface area (Å²) in [7, 11) is 0. The molecule has 7 nitrogen and oxygen atoms in total. The summed E-state index contributed by atoms with van der Waals surface area (Å²) in [5.74, 6) is -3.98. The Morgan fingerprint density at radius 1 is 1.03 bits per heavy atom. The van der Waals surface area contributed by atoms with Crippen LogP contribution in [-0.4, -0.2) is 28.7 Å². The number of phenolic OH excluding ortho intramolecular Hbond substituents is 1. The number of benzene rings is 2. The summed E-state index contributed by atoms with van der Waals surface area (Å²) in [6, 6.07) is 13.4. The van der Waals surface area contributed by atoms with Gasteiger partial charge in [0.2, 0.25) is 23.6 Å². The van der Waals surface area contributed by atoms with E-state index in [1.165, 1.54) is 17.0 Å². The molecule has 2 aliphatic carbocycles. The molecule has 4 amide bonds. The molecule has 2 aromatic rings. The Hall–Kier alpha value is -3.45. The average Bonchev–Trinajstić information content (AvgIpc) is 3.23. The minimum Gasteiger partial charge on any atom is -0.508 e. The third-order valence-electron chi connectivity index (χ3n) is 8.43. The van der Waals surface area contributed by atoms with Crippen molar-refractivity contribution in [2.24, 2.45) is 29.1 Å². The molecular weight excluding hydrogens is 468 g/mol. The lowest BCUT2D eigenvalue weighted by molar-refractivity contribution is -0.131. The SMILES string of the molecule is C[C@@]12C(=O)N(c3ccccc3)C(=O)[C@@H]1C[C@@H]1C(=CC[C@@H]3C(=O)NC(=O)[C@@H]31)[C@@H]2c1ccc(O)cc1Cl. The van der Waals surface area contributed by atoms with Crippen LogP contribution in [0.25, 0.3) is 0 Å². The van der Waals surface area contributed by atoms with Crippen LogP contribution in [0.3, 0.4) is 0 Å². The van der Waals surface area contributed by atoms with Crippen LogP contribution < -0.4 is 10.2 Å². The maximum Gasteiger partial charge on any atom is 0.241 e. The number of para-hydroxylation sites is 1. The van der Waals surface area contributed by atoms with Crippen LogP contribution in [0.1, 0.15) is 31.2 Å². The summed E-state index contributed by atoms with van der Waals surface area (Å²) >= 11 is 6.62. The maximum atomic E-state index is 14.1. The highest BCUT2D eigenvalue weighted by Crippen LogP contribution is 2.63. The molecule has 35 heavy (non-hydrogen) atoms. The summed E-state index contributed by atoms with van der Waals surface area (Å²) in [6.07, 6.45) is 2.64. The highest BCUT2D eigenvalue weighted by molar-refractivity contribution is 6.32. The Kier molecular flexibility index (Phi) is 4.74. The Morgan fingerprint density at radius 3 is 2.49 bits per heavy atom. The normalized spacial score (nSPS) is 33.7. The molecule has 2 heterocycles. The van der Waals surface area contributed by atoms with Crippen molar-refractivity contribution >= 4 is 40.9 Å². The van der Waals surface area contributed by atoms with Crippen LogP contribution in [0.15, 0.2) is 60.2 Å². The van der Waals surface area contributed by atoms with Crippen molar-refractivity contribution in [3.05, 3.63) is 70.8 Å². The van der Waals surface area contributed by atoms with Gasteiger partial charge in [0.25, 0.3) is 0 Å². The van der Waals surface area contributed by atoms with Crippen molar-refractivity contribution in [1.29, 1.82) is 0 Å². The van der Waals surface area contributed by atoms with Gasteiger partial charge in [-0.25, -0.2) is 4.90 Å². The quantitative estimate of drug-likeness (QED) is 0.495. The number of carbonyl (C=O) groups is 4. The summed E-state index contributed by atoms with van der Waals surface area (Å²) in [4.78, 5) is 54.5. The molecule has 6 rings (SSSR count). The third kappa shape index (κ3) is 2.91. The van der Waals surface area contributed by atoms with Gasteiger partial charge in [0, 0.05) is 10.9 Å². The molecule has 8 heteroatoms. The molecule has 178 valence electrons. The van der Waals surface area contributed by atoms with Crippen molar-refractivity contribution < 1.29 is 24.3 Å². The molecule has 1 saturated carbocycles. The van der Waals surface area contributed by atoms with Gasteiger partial charge in [-0.2, -0.15) is 0 Å². The fourth-order valence-corrected chi connectivity index (χ4v) is 7.13. The average molecular weight is 491 g/mol. The molecule has 3 fully saturated rings. The monoisotopic (exact) mass is 490 g/mol. The maximum absolute atomic E-state index is 14.1. The Balaban J connectivity index is 1.56. The Bertz CT molecular complexity index is 1340. The number of phenols is 1. The van der Waals surface area contributed by atoms with Crippen LogP contribution in [0, 0.1) is 29.1 Å². The van der Waals surface area contributed by atoms with Gasteiger partial charge in [0.15, 0.2) is 0 Å². The molecule has 2 aliphatic heterocycles. The zero-order chi connectivity index (χ0) is 24.6. The molecular formula is C27H23ClN2O5. The molecule has 2 saturated heterocycles. The highest BCUT2D eigenvalue weighted by Gasteiger charge is 2.67. The van der Waals surface area contributed by atoms with Crippen LogP contribution >= 0.6 is 11.6 Å². The van der Waals surface area contributed by atoms with Gasteiger partial charge in [-0.1, -0.05) is 47.5 Å². The molecule has 6 atom stereocenters. The van der Waals surface area contributed by atoms with E-state index < -0.39 is 29.1 Å². The first-order valence-corrected chi connectivity index (χ1v) is 12.1. The van der Waals surface area contributed by atoms with E-state index in [0.717, 1.165) is 5.57 Å². The van der Waals surface area contributed by atoms with Crippen molar-refractivity contribution in [3.8, 4) is 5.75 Å². The number of anilines is 1. The molecule has 0 bridgehead atoms. The van der Waals surface area contributed by atoms with Crippen molar-refractivity contribution in [3.63, 3.8) is 0 Å². The van der Waals surface area contributed by atoms with Crippen LogP contribution in [0.2, 0.25) is 5.02 Å². The first kappa shape index (κ1) is 22.0. The lowest BCUT2D eigenvalue weighted by Gasteiger charge is -2.49. The number of rotatable bonds is 2. The first-order chi connectivity index (χ1) is 16.7. The van der Waals surface area contributed by atoms with Gasteiger partial charge in [0.1, 0.15) is 5.75 Å². The van der Waals surface area contributed by atoms with E-state index in [-0.39, 0.29) is 40.3 Å². The molecule has 0 aromatic heterocycles. The Morgan fingerprint density at radius 2 is 1.77 bits per heavy atom. The van der Waals surface area contributed by atoms with E-state index >= 15 is 0 Å². The third-order valence-corrected chi connectivity index (χ3v) is 8.75. The van der Waals surface area contributed by atoms with Crippen LogP contribution in [0.4, 0.5) is 5.69 Å². The fraction of sp³-hybridized carbons (Fsp3) is 0.333. The van der Waals surface area contributed by atoms with Gasteiger partial charge in [-0.15, -0.1) is 0 Å². The van der Waals surface area contributed by atoms with Gasteiger partial charge >= 0.3 is 0 Å². The van der Waals surface area contributed by atoms with Crippen molar-refractivity contribution in [1.82, 2.24) is 5.32 Å². The molecule has 0 radical (unpaired) electrons. The van der Waals surface area contributed by atoms with E-state index in [1.54, 1.807) is 37.3 Å². The van der Waals surface area contributed by atoms with E-state index in [4.69, 9.17) is 11.6 Å².